The Morgan fingerprint density at radius 3 is 2.71 bits per heavy atom. The van der Waals surface area contributed by atoms with Gasteiger partial charge in [-0.3, -0.25) is 19.2 Å². The molecule has 0 aromatic rings. The Labute approximate surface area is 182 Å². The Balaban J connectivity index is 2.17. The van der Waals surface area contributed by atoms with Gasteiger partial charge in [-0.1, -0.05) is 0 Å². The molecular weight excluding hydrogens is 404 g/mol. The molecule has 0 aromatic carbocycles. The molecule has 4 amide bonds. The Hall–Kier alpha value is -2.88. The van der Waals surface area contributed by atoms with E-state index in [1.807, 2.05) is 6.92 Å². The Morgan fingerprint density at radius 1 is 1.39 bits per heavy atom. The number of nitrogens with zero attached hydrogens (tertiary/aromatic N) is 1. The average molecular weight is 437 g/mol. The van der Waals surface area contributed by atoms with Crippen LogP contribution in [0.1, 0.15) is 33.1 Å². The number of carbonyl (C=O) groups is 4. The van der Waals surface area contributed by atoms with Crippen molar-refractivity contribution in [1.29, 1.82) is 0 Å². The summed E-state index contributed by atoms with van der Waals surface area (Å²) in [6, 6.07) is 0. The van der Waals surface area contributed by atoms with Crippen molar-refractivity contribution in [3.8, 4) is 0 Å². The fraction of sp³-hybridized carbons (Fsp3) is 0.619. The zero-order valence-electron chi connectivity index (χ0n) is 18.6. The van der Waals surface area contributed by atoms with Crippen LogP contribution in [-0.2, 0) is 28.7 Å². The lowest BCUT2D eigenvalue weighted by Crippen LogP contribution is -2.64. The summed E-state index contributed by atoms with van der Waals surface area (Å²) in [5.74, 6) is -0.703. The van der Waals surface area contributed by atoms with Gasteiger partial charge in [0.2, 0.25) is 18.2 Å². The molecule has 0 spiro atoms. The van der Waals surface area contributed by atoms with E-state index in [9.17, 15) is 19.2 Å². The maximum Gasteiger partial charge on any atom is 0.254 e. The van der Waals surface area contributed by atoms with Crippen molar-refractivity contribution in [3.63, 3.8) is 0 Å². The molecule has 2 aliphatic heterocycles. The van der Waals surface area contributed by atoms with Gasteiger partial charge in [0.1, 0.15) is 5.54 Å². The summed E-state index contributed by atoms with van der Waals surface area (Å²) in [6.45, 7) is 4.67. The number of carbonyl (C=O) groups excluding carboxylic acids is 4. The van der Waals surface area contributed by atoms with Gasteiger partial charge in [0, 0.05) is 32.3 Å². The molecule has 1 saturated heterocycles. The molecule has 0 aromatic heterocycles. The summed E-state index contributed by atoms with van der Waals surface area (Å²) in [4.78, 5) is 51.2. The van der Waals surface area contributed by atoms with Crippen LogP contribution in [0.25, 0.3) is 0 Å². The number of rotatable bonds is 11. The van der Waals surface area contributed by atoms with E-state index in [0.717, 1.165) is 18.4 Å². The quantitative estimate of drug-likeness (QED) is 0.299. The van der Waals surface area contributed by atoms with Crippen molar-refractivity contribution in [2.75, 3.05) is 40.4 Å². The smallest absolute Gasteiger partial charge is 0.254 e. The third-order valence-electron chi connectivity index (χ3n) is 5.55. The number of amides is 4. The maximum atomic E-state index is 12.9. The van der Waals surface area contributed by atoms with Crippen LogP contribution in [0.15, 0.2) is 23.0 Å². The Kier molecular flexibility index (Phi) is 8.61. The molecule has 0 aliphatic carbocycles. The summed E-state index contributed by atoms with van der Waals surface area (Å²) in [5, 5.41) is 7.76. The van der Waals surface area contributed by atoms with Gasteiger partial charge in [0.25, 0.3) is 5.91 Å². The standard InChI is InChI=1S/C21H32N4O6/c1-14-11-25(19(28)17(14)8-15(2)30-4)12-21(24-13-26,20(29)22-3)9-18(27)23-10-16-6-5-7-31-16/h8,13,16H,5-7,9-12H2,1-4H3,(H,22,29)(H,23,27)(H,24,26)/b15-8+. The predicted octanol–water partition coefficient (Wildman–Crippen LogP) is -0.389. The SMILES string of the molecule is CNC(=O)C(CC(=O)NCC1CCCO1)(CN1CC(C)=C(/C=C(\C)OC)C1=O)NC=O. The molecule has 31 heavy (non-hydrogen) atoms. The number of ether oxygens (including phenoxy) is 2. The van der Waals surface area contributed by atoms with Crippen LogP contribution in [0.3, 0.4) is 0 Å². The fourth-order valence-corrected chi connectivity index (χ4v) is 3.79. The van der Waals surface area contributed by atoms with Crippen LogP contribution >= 0.6 is 0 Å². The van der Waals surface area contributed by atoms with Crippen LogP contribution < -0.4 is 16.0 Å². The molecule has 10 heteroatoms. The molecule has 2 rings (SSSR count). The van der Waals surface area contributed by atoms with E-state index in [1.165, 1.54) is 19.1 Å². The molecule has 3 N–H and O–H groups in total. The minimum atomic E-state index is -1.61. The second-order valence-corrected chi connectivity index (χ2v) is 7.85. The predicted molar refractivity (Wildman–Crippen MR) is 113 cm³/mol. The number of allylic oxidation sites excluding steroid dienone is 1. The number of nitrogens with one attached hydrogen (secondary N) is 3. The van der Waals surface area contributed by atoms with Gasteiger partial charge in [0.05, 0.1) is 31.9 Å². The molecule has 1 fully saturated rings. The normalized spacial score (nSPS) is 21.0. The van der Waals surface area contributed by atoms with Crippen molar-refractivity contribution in [1.82, 2.24) is 20.9 Å². The van der Waals surface area contributed by atoms with E-state index >= 15 is 0 Å². The van der Waals surface area contributed by atoms with E-state index in [4.69, 9.17) is 9.47 Å². The Morgan fingerprint density at radius 2 is 2.13 bits per heavy atom. The number of hydrogen-bond acceptors (Lipinski definition) is 6. The molecule has 10 nitrogen and oxygen atoms in total. The molecule has 2 atom stereocenters. The first-order valence-electron chi connectivity index (χ1n) is 10.3. The monoisotopic (exact) mass is 436 g/mol. The van der Waals surface area contributed by atoms with Crippen LogP contribution in [0.5, 0.6) is 0 Å². The van der Waals surface area contributed by atoms with Gasteiger partial charge in [-0.15, -0.1) is 0 Å². The van der Waals surface area contributed by atoms with Crippen LogP contribution in [0.2, 0.25) is 0 Å². The van der Waals surface area contributed by atoms with Crippen molar-refractivity contribution >= 4 is 24.1 Å². The molecule has 2 aliphatic rings. The molecule has 2 heterocycles. The van der Waals surface area contributed by atoms with E-state index in [-0.39, 0.29) is 31.5 Å². The summed E-state index contributed by atoms with van der Waals surface area (Å²) < 4.78 is 10.6. The second-order valence-electron chi connectivity index (χ2n) is 7.85. The lowest BCUT2D eigenvalue weighted by atomic mass is 9.92. The summed E-state index contributed by atoms with van der Waals surface area (Å²) in [5.41, 5.74) is -0.331. The van der Waals surface area contributed by atoms with Crippen molar-refractivity contribution in [3.05, 3.63) is 23.0 Å². The van der Waals surface area contributed by atoms with Crippen LogP contribution in [0.4, 0.5) is 0 Å². The van der Waals surface area contributed by atoms with Gasteiger partial charge in [-0.2, -0.15) is 0 Å². The number of methoxy groups -OCH3 is 1. The number of likely N-dealkylation sites (N-methyl/N-ethyl adjacent to an activating group) is 1. The minimum Gasteiger partial charge on any atom is -0.501 e. The first kappa shape index (κ1) is 24.4. The summed E-state index contributed by atoms with van der Waals surface area (Å²) in [6.07, 6.45) is 3.45. The van der Waals surface area contributed by atoms with Crippen LogP contribution in [0, 0.1) is 0 Å². The van der Waals surface area contributed by atoms with Gasteiger partial charge < -0.3 is 30.3 Å². The molecule has 0 bridgehead atoms. The zero-order valence-corrected chi connectivity index (χ0v) is 18.6. The molecule has 2 unspecified atom stereocenters. The summed E-state index contributed by atoms with van der Waals surface area (Å²) >= 11 is 0. The van der Waals surface area contributed by atoms with Crippen molar-refractivity contribution in [2.45, 2.75) is 44.8 Å². The van der Waals surface area contributed by atoms with E-state index in [0.29, 0.717) is 30.9 Å². The van der Waals surface area contributed by atoms with Gasteiger partial charge in [-0.25, -0.2) is 0 Å². The minimum absolute atomic E-state index is 0.0530. The highest BCUT2D eigenvalue weighted by molar-refractivity contribution is 6.01. The highest BCUT2D eigenvalue weighted by Gasteiger charge is 2.44. The zero-order chi connectivity index (χ0) is 23.0. The molecular formula is C21H32N4O6. The van der Waals surface area contributed by atoms with E-state index < -0.39 is 17.4 Å². The van der Waals surface area contributed by atoms with Gasteiger partial charge in [-0.05, 0) is 38.3 Å². The van der Waals surface area contributed by atoms with Crippen LogP contribution in [-0.4, -0.2) is 81.1 Å². The average Bonchev–Trinajstić information content (AvgIpc) is 3.35. The highest BCUT2D eigenvalue weighted by Crippen LogP contribution is 2.25. The van der Waals surface area contributed by atoms with Crippen molar-refractivity contribution in [2.24, 2.45) is 0 Å². The molecule has 172 valence electrons. The third-order valence-corrected chi connectivity index (χ3v) is 5.55. The molecule has 0 saturated carbocycles. The van der Waals surface area contributed by atoms with Gasteiger partial charge >= 0.3 is 0 Å². The largest absolute Gasteiger partial charge is 0.501 e. The summed E-state index contributed by atoms with van der Waals surface area (Å²) in [7, 11) is 2.93. The van der Waals surface area contributed by atoms with Gasteiger partial charge in [0.15, 0.2) is 0 Å². The van der Waals surface area contributed by atoms with E-state index in [1.54, 1.807) is 13.0 Å². The highest BCUT2D eigenvalue weighted by atomic mass is 16.5. The van der Waals surface area contributed by atoms with E-state index in [2.05, 4.69) is 16.0 Å². The fourth-order valence-electron chi connectivity index (χ4n) is 3.79. The number of hydrogen-bond donors (Lipinski definition) is 3. The second kappa shape index (κ2) is 10.9. The lowest BCUT2D eigenvalue weighted by molar-refractivity contribution is -0.137. The molecule has 0 radical (unpaired) electrons. The lowest BCUT2D eigenvalue weighted by Gasteiger charge is -2.34. The first-order valence-corrected chi connectivity index (χ1v) is 10.3. The topological polar surface area (TPSA) is 126 Å². The third kappa shape index (κ3) is 6.06. The Bertz CT molecular complexity index is 772. The first-order chi connectivity index (χ1) is 14.8. The van der Waals surface area contributed by atoms with Crippen molar-refractivity contribution < 1.29 is 28.7 Å². The maximum absolute atomic E-state index is 12.9.